The van der Waals surface area contributed by atoms with Crippen molar-refractivity contribution in [3.8, 4) is 11.1 Å². The lowest BCUT2D eigenvalue weighted by atomic mass is 10.0. The Bertz CT molecular complexity index is 652. The molecule has 20 heavy (non-hydrogen) atoms. The van der Waals surface area contributed by atoms with Crippen molar-refractivity contribution >= 4 is 23.4 Å². The number of nitro groups is 1. The number of carboxylic acids is 1. The molecule has 5 nitrogen and oxygen atoms in total. The van der Waals surface area contributed by atoms with E-state index in [1.807, 2.05) is 30.5 Å². The zero-order valence-electron chi connectivity index (χ0n) is 10.6. The molecular formula is C14H11NO4S. The van der Waals surface area contributed by atoms with Crippen LogP contribution < -0.4 is 0 Å². The molecule has 0 saturated heterocycles. The fraction of sp³-hybridized carbons (Fsp3) is 0.0714. The lowest BCUT2D eigenvalue weighted by molar-refractivity contribution is -0.384. The first-order valence-corrected chi connectivity index (χ1v) is 6.91. The van der Waals surface area contributed by atoms with E-state index in [-0.39, 0.29) is 11.3 Å². The van der Waals surface area contributed by atoms with Gasteiger partial charge >= 0.3 is 5.97 Å². The first kappa shape index (κ1) is 14.1. The van der Waals surface area contributed by atoms with Gasteiger partial charge < -0.3 is 5.11 Å². The lowest BCUT2D eigenvalue weighted by Gasteiger charge is -2.08. The largest absolute Gasteiger partial charge is 0.478 e. The van der Waals surface area contributed by atoms with Gasteiger partial charge in [0.05, 0.1) is 10.5 Å². The van der Waals surface area contributed by atoms with Crippen molar-refractivity contribution in [2.75, 3.05) is 6.26 Å². The van der Waals surface area contributed by atoms with Gasteiger partial charge in [0.1, 0.15) is 0 Å². The summed E-state index contributed by atoms with van der Waals surface area (Å²) in [6.07, 6.45) is 1.90. The first-order chi connectivity index (χ1) is 9.52. The van der Waals surface area contributed by atoms with E-state index in [1.54, 1.807) is 0 Å². The number of hydrogen-bond acceptors (Lipinski definition) is 4. The van der Waals surface area contributed by atoms with Gasteiger partial charge in [0.25, 0.3) is 5.69 Å². The molecule has 0 amide bonds. The molecule has 0 bridgehead atoms. The number of benzene rings is 2. The second-order valence-corrected chi connectivity index (χ2v) is 4.88. The Morgan fingerprint density at radius 3 is 2.55 bits per heavy atom. The molecule has 2 rings (SSSR count). The fourth-order valence-electron chi connectivity index (χ4n) is 1.88. The van der Waals surface area contributed by atoms with Crippen LogP contribution >= 0.6 is 11.8 Å². The van der Waals surface area contributed by atoms with Gasteiger partial charge in [0, 0.05) is 17.0 Å². The Hall–Kier alpha value is -2.34. The summed E-state index contributed by atoms with van der Waals surface area (Å²) in [6.45, 7) is 0. The maximum absolute atomic E-state index is 11.1. The Labute approximate surface area is 119 Å². The number of nitrogens with zero attached hydrogens (tertiary/aromatic N) is 1. The van der Waals surface area contributed by atoms with Crippen molar-refractivity contribution in [3.63, 3.8) is 0 Å². The van der Waals surface area contributed by atoms with Crippen molar-refractivity contribution < 1.29 is 14.8 Å². The van der Waals surface area contributed by atoms with Crippen molar-refractivity contribution in [1.82, 2.24) is 0 Å². The molecule has 0 aliphatic carbocycles. The van der Waals surface area contributed by atoms with Gasteiger partial charge in [-0.1, -0.05) is 18.2 Å². The number of hydrogen-bond donors (Lipinski definition) is 1. The van der Waals surface area contributed by atoms with Crippen LogP contribution in [0.2, 0.25) is 0 Å². The number of carbonyl (C=O) groups is 1. The number of rotatable bonds is 4. The van der Waals surface area contributed by atoms with Crippen molar-refractivity contribution in [2.45, 2.75) is 4.90 Å². The topological polar surface area (TPSA) is 80.4 Å². The van der Waals surface area contributed by atoms with Gasteiger partial charge in [-0.3, -0.25) is 10.1 Å². The van der Waals surface area contributed by atoms with Gasteiger partial charge in [0.2, 0.25) is 0 Å². The van der Waals surface area contributed by atoms with E-state index in [0.29, 0.717) is 5.56 Å². The van der Waals surface area contributed by atoms with Crippen LogP contribution in [0, 0.1) is 10.1 Å². The molecule has 2 aromatic rings. The van der Waals surface area contributed by atoms with E-state index in [0.717, 1.165) is 16.5 Å². The van der Waals surface area contributed by atoms with Crippen molar-refractivity contribution in [1.29, 1.82) is 0 Å². The third kappa shape index (κ3) is 2.80. The summed E-state index contributed by atoms with van der Waals surface area (Å²) in [6, 6.07) is 11.3. The smallest absolute Gasteiger partial charge is 0.335 e. The first-order valence-electron chi connectivity index (χ1n) is 5.69. The maximum Gasteiger partial charge on any atom is 0.335 e. The predicted octanol–water partition coefficient (Wildman–Crippen LogP) is 3.68. The fourth-order valence-corrected chi connectivity index (χ4v) is 2.50. The molecule has 0 spiro atoms. The zero-order valence-corrected chi connectivity index (χ0v) is 11.4. The van der Waals surface area contributed by atoms with Crippen molar-refractivity contribution in [2.24, 2.45) is 0 Å². The standard InChI is InChI=1S/C14H11NO4S/c1-20-13-5-3-2-4-12(13)9-6-10(14(16)17)8-11(7-9)15(18)19/h2-8H,1H3,(H,16,17). The van der Waals surface area contributed by atoms with Gasteiger partial charge in [-0.05, 0) is 29.5 Å². The summed E-state index contributed by atoms with van der Waals surface area (Å²) < 4.78 is 0. The highest BCUT2D eigenvalue weighted by Crippen LogP contribution is 2.32. The molecule has 0 aromatic heterocycles. The zero-order chi connectivity index (χ0) is 14.7. The van der Waals surface area contributed by atoms with Crippen LogP contribution in [0.1, 0.15) is 10.4 Å². The van der Waals surface area contributed by atoms with E-state index in [4.69, 9.17) is 5.11 Å². The number of thioether (sulfide) groups is 1. The van der Waals surface area contributed by atoms with Crippen molar-refractivity contribution in [3.05, 3.63) is 58.1 Å². The molecule has 0 saturated carbocycles. The van der Waals surface area contributed by atoms with Crippen LogP contribution in [0.5, 0.6) is 0 Å². The molecule has 2 aromatic carbocycles. The number of nitro benzene ring substituents is 1. The number of carboxylic acid groups (broad SMARTS) is 1. The molecule has 6 heteroatoms. The van der Waals surface area contributed by atoms with Gasteiger partial charge in [0.15, 0.2) is 0 Å². The summed E-state index contributed by atoms with van der Waals surface area (Å²) in [5, 5.41) is 20.0. The van der Waals surface area contributed by atoms with E-state index in [1.165, 1.54) is 23.9 Å². The minimum absolute atomic E-state index is 0.0925. The van der Waals surface area contributed by atoms with Crippen LogP contribution in [-0.4, -0.2) is 22.3 Å². The van der Waals surface area contributed by atoms with E-state index < -0.39 is 10.9 Å². The Balaban J connectivity index is 2.67. The Morgan fingerprint density at radius 2 is 1.95 bits per heavy atom. The van der Waals surface area contributed by atoms with Crippen LogP contribution in [0.15, 0.2) is 47.4 Å². The van der Waals surface area contributed by atoms with Gasteiger partial charge in [-0.25, -0.2) is 4.79 Å². The molecule has 0 aliphatic rings. The molecule has 1 N–H and O–H groups in total. The molecule has 0 aliphatic heterocycles. The lowest BCUT2D eigenvalue weighted by Crippen LogP contribution is -1.99. The summed E-state index contributed by atoms with van der Waals surface area (Å²) in [5.74, 6) is -1.18. The molecular weight excluding hydrogens is 278 g/mol. The second kappa shape index (κ2) is 5.75. The molecule has 0 atom stereocenters. The molecule has 102 valence electrons. The average molecular weight is 289 g/mol. The summed E-state index contributed by atoms with van der Waals surface area (Å²) >= 11 is 1.50. The molecule has 0 fully saturated rings. The van der Waals surface area contributed by atoms with E-state index >= 15 is 0 Å². The summed E-state index contributed by atoms with van der Waals surface area (Å²) in [7, 11) is 0. The maximum atomic E-state index is 11.1. The quantitative estimate of drug-likeness (QED) is 0.527. The van der Waals surface area contributed by atoms with E-state index in [2.05, 4.69) is 0 Å². The van der Waals surface area contributed by atoms with Crippen LogP contribution in [0.4, 0.5) is 5.69 Å². The normalized spacial score (nSPS) is 10.2. The third-order valence-electron chi connectivity index (χ3n) is 2.79. The highest BCUT2D eigenvalue weighted by atomic mass is 32.2. The minimum atomic E-state index is -1.18. The average Bonchev–Trinajstić information content (AvgIpc) is 2.46. The number of aromatic carboxylic acids is 1. The Morgan fingerprint density at radius 1 is 1.25 bits per heavy atom. The molecule has 0 heterocycles. The number of non-ortho nitro benzene ring substituents is 1. The summed E-state index contributed by atoms with van der Waals surface area (Å²) in [4.78, 5) is 22.4. The van der Waals surface area contributed by atoms with E-state index in [9.17, 15) is 14.9 Å². The van der Waals surface area contributed by atoms with Gasteiger partial charge in [-0.2, -0.15) is 0 Å². The Kier molecular flexibility index (Phi) is 4.05. The summed E-state index contributed by atoms with van der Waals surface area (Å²) in [5.41, 5.74) is 0.994. The predicted molar refractivity (Wildman–Crippen MR) is 77.3 cm³/mol. The molecule has 0 unspecified atom stereocenters. The third-order valence-corrected chi connectivity index (χ3v) is 3.59. The molecule has 0 radical (unpaired) electrons. The monoisotopic (exact) mass is 289 g/mol. The van der Waals surface area contributed by atoms with Crippen LogP contribution in [0.25, 0.3) is 11.1 Å². The van der Waals surface area contributed by atoms with Gasteiger partial charge in [-0.15, -0.1) is 11.8 Å². The minimum Gasteiger partial charge on any atom is -0.478 e. The SMILES string of the molecule is CSc1ccccc1-c1cc(C(=O)O)cc([N+](=O)[O-])c1. The van der Waals surface area contributed by atoms with Crippen LogP contribution in [0.3, 0.4) is 0 Å². The van der Waals surface area contributed by atoms with Crippen LogP contribution in [-0.2, 0) is 0 Å². The second-order valence-electron chi connectivity index (χ2n) is 4.03. The highest BCUT2D eigenvalue weighted by molar-refractivity contribution is 7.98. The highest BCUT2D eigenvalue weighted by Gasteiger charge is 2.15.